The minimum Gasteiger partial charge on any atom is -0.416 e. The Morgan fingerprint density at radius 3 is 1.84 bits per heavy atom. The van der Waals surface area contributed by atoms with E-state index in [9.17, 15) is 0 Å². The molecule has 0 unspecified atom stereocenters. The van der Waals surface area contributed by atoms with Crippen molar-refractivity contribution >= 4 is 51.5 Å². The van der Waals surface area contributed by atoms with Crippen LogP contribution >= 0.6 is 8.01 Å². The SMILES string of the molecule is Cc1cc(C)c(-[n+]2ccn(Cp3oc4ccc5ccccc5c4c4c(ccc5ccccc54)o3)c2)c(C)c1. The Hall–Kier alpha value is -4.27. The predicted octanol–water partition coefficient (Wildman–Crippen LogP) is 9.11. The number of hydrogen-bond acceptors (Lipinski definition) is 2. The van der Waals surface area contributed by atoms with E-state index >= 15 is 0 Å². The second-order valence-electron chi connectivity index (χ2n) is 10.1. The summed E-state index contributed by atoms with van der Waals surface area (Å²) in [7, 11) is -1.29. The highest BCUT2D eigenvalue weighted by Crippen LogP contribution is 2.41. The number of imidazole rings is 1. The summed E-state index contributed by atoms with van der Waals surface area (Å²) < 4.78 is 17.7. The van der Waals surface area contributed by atoms with Gasteiger partial charge in [0.1, 0.15) is 29.2 Å². The fraction of sp³-hybridized carbons (Fsp3) is 0.121. The van der Waals surface area contributed by atoms with E-state index in [2.05, 4.69) is 134 Å². The van der Waals surface area contributed by atoms with Crippen LogP contribution in [0.2, 0.25) is 0 Å². The minimum atomic E-state index is -1.29. The van der Waals surface area contributed by atoms with E-state index in [0.29, 0.717) is 6.29 Å². The van der Waals surface area contributed by atoms with Crippen molar-refractivity contribution in [1.29, 1.82) is 0 Å². The third kappa shape index (κ3) is 3.81. The minimum absolute atomic E-state index is 0.616. The molecule has 0 aliphatic carbocycles. The normalized spacial score (nSPS) is 11.7. The first-order valence-corrected chi connectivity index (χ1v) is 14.2. The van der Waals surface area contributed by atoms with Crippen LogP contribution in [-0.2, 0) is 6.29 Å². The fourth-order valence-electron chi connectivity index (χ4n) is 5.79. The van der Waals surface area contributed by atoms with E-state index in [1.165, 1.54) is 43.9 Å². The van der Waals surface area contributed by atoms with Gasteiger partial charge in [0.15, 0.2) is 6.29 Å². The Morgan fingerprint density at radius 1 is 0.711 bits per heavy atom. The molecule has 0 spiro atoms. The summed E-state index contributed by atoms with van der Waals surface area (Å²) in [6.45, 7) is 6.48. The van der Waals surface area contributed by atoms with Crippen molar-refractivity contribution in [2.24, 2.45) is 0 Å². The van der Waals surface area contributed by atoms with Gasteiger partial charge in [-0.15, -0.1) is 0 Å². The molecular weight excluding hydrogens is 487 g/mol. The molecule has 0 saturated carbocycles. The van der Waals surface area contributed by atoms with Crippen molar-refractivity contribution in [2.45, 2.75) is 27.1 Å². The van der Waals surface area contributed by atoms with Gasteiger partial charge in [-0.1, -0.05) is 78.4 Å². The first-order chi connectivity index (χ1) is 18.5. The van der Waals surface area contributed by atoms with Crippen molar-refractivity contribution in [1.82, 2.24) is 4.57 Å². The molecule has 0 bridgehead atoms. The molecule has 186 valence electrons. The second-order valence-corrected chi connectivity index (χ2v) is 11.4. The van der Waals surface area contributed by atoms with Crippen molar-refractivity contribution in [2.75, 3.05) is 0 Å². The highest BCUT2D eigenvalue weighted by Gasteiger charge is 2.17. The first kappa shape index (κ1) is 22.9. The molecule has 5 aromatic carbocycles. The molecule has 0 fully saturated rings. The van der Waals surface area contributed by atoms with Gasteiger partial charge in [-0.2, -0.15) is 0 Å². The maximum Gasteiger partial charge on any atom is 0.262 e. The molecule has 0 N–H and O–H groups in total. The van der Waals surface area contributed by atoms with E-state index in [0.717, 1.165) is 21.9 Å². The topological polar surface area (TPSA) is 35.1 Å². The molecule has 0 aliphatic rings. The van der Waals surface area contributed by atoms with Crippen molar-refractivity contribution in [3.63, 3.8) is 0 Å². The molecule has 38 heavy (non-hydrogen) atoms. The average Bonchev–Trinajstić information content (AvgIpc) is 3.28. The fourth-order valence-corrected chi connectivity index (χ4v) is 7.12. The van der Waals surface area contributed by atoms with E-state index < -0.39 is 8.01 Å². The van der Waals surface area contributed by atoms with Crippen LogP contribution in [-0.4, -0.2) is 4.57 Å². The third-order valence-corrected chi connectivity index (χ3v) is 8.65. The largest absolute Gasteiger partial charge is 0.416 e. The molecule has 0 radical (unpaired) electrons. The molecule has 2 aromatic heterocycles. The molecule has 0 saturated heterocycles. The van der Waals surface area contributed by atoms with E-state index in [1.54, 1.807) is 0 Å². The molecular formula is C33H28N2O2P+. The second kappa shape index (κ2) is 8.93. The molecule has 2 heterocycles. The van der Waals surface area contributed by atoms with Gasteiger partial charge < -0.3 is 8.39 Å². The number of fused-ring (bicyclic) bond motifs is 7. The molecule has 0 aliphatic heterocycles. The molecule has 5 heteroatoms. The van der Waals surface area contributed by atoms with Crippen LogP contribution in [0, 0.1) is 20.8 Å². The monoisotopic (exact) mass is 515 g/mol. The van der Waals surface area contributed by atoms with Crippen molar-refractivity contribution < 1.29 is 13.0 Å². The Labute approximate surface area is 221 Å². The summed E-state index contributed by atoms with van der Waals surface area (Å²) in [5.41, 5.74) is 6.77. The summed E-state index contributed by atoms with van der Waals surface area (Å²) in [6.07, 6.45) is 6.96. The maximum absolute atomic E-state index is 6.69. The van der Waals surface area contributed by atoms with Crippen molar-refractivity contribution in [3.05, 3.63) is 120 Å². The summed E-state index contributed by atoms with van der Waals surface area (Å²) in [6, 6.07) is 30.0. The molecule has 0 amide bonds. The van der Waals surface area contributed by atoms with Gasteiger partial charge in [0.05, 0.1) is 0 Å². The van der Waals surface area contributed by atoms with Crippen LogP contribution in [0.25, 0.3) is 49.2 Å². The van der Waals surface area contributed by atoms with Crippen LogP contribution in [0.4, 0.5) is 0 Å². The molecule has 0 atom stereocenters. The van der Waals surface area contributed by atoms with Gasteiger partial charge in [-0.3, -0.25) is 0 Å². The lowest BCUT2D eigenvalue weighted by Crippen LogP contribution is -2.30. The number of benzene rings is 5. The lowest BCUT2D eigenvalue weighted by Gasteiger charge is -2.06. The lowest BCUT2D eigenvalue weighted by atomic mass is 9.99. The Bertz CT molecular complexity index is 1930. The van der Waals surface area contributed by atoms with Gasteiger partial charge in [0.2, 0.25) is 6.33 Å². The van der Waals surface area contributed by atoms with Crippen LogP contribution in [0.5, 0.6) is 0 Å². The zero-order valence-electron chi connectivity index (χ0n) is 21.7. The molecule has 7 aromatic rings. The van der Waals surface area contributed by atoms with E-state index in [1.807, 2.05) is 0 Å². The van der Waals surface area contributed by atoms with Gasteiger partial charge in [-0.05, 0) is 65.6 Å². The number of rotatable bonds is 3. The molecule has 7 rings (SSSR count). The van der Waals surface area contributed by atoms with Crippen LogP contribution in [0.3, 0.4) is 0 Å². The summed E-state index contributed by atoms with van der Waals surface area (Å²) in [4.78, 5) is 0. The number of aryl methyl sites for hydroxylation is 3. The third-order valence-electron chi connectivity index (χ3n) is 7.30. The summed E-state index contributed by atoms with van der Waals surface area (Å²) >= 11 is 0. The predicted molar refractivity (Wildman–Crippen MR) is 157 cm³/mol. The first-order valence-electron chi connectivity index (χ1n) is 12.9. The van der Waals surface area contributed by atoms with E-state index in [4.69, 9.17) is 8.39 Å². The van der Waals surface area contributed by atoms with Gasteiger partial charge in [0, 0.05) is 10.8 Å². The van der Waals surface area contributed by atoms with Crippen molar-refractivity contribution in [3.8, 4) is 5.69 Å². The van der Waals surface area contributed by atoms with Gasteiger partial charge in [-0.25, -0.2) is 9.13 Å². The molecule has 4 nitrogen and oxygen atoms in total. The van der Waals surface area contributed by atoms with Crippen LogP contribution in [0.15, 0.2) is 112 Å². The summed E-state index contributed by atoms with van der Waals surface area (Å²) in [5, 5.41) is 6.94. The number of nitrogens with zero attached hydrogens (tertiary/aromatic N) is 2. The highest BCUT2D eigenvalue weighted by atomic mass is 31.1. The zero-order chi connectivity index (χ0) is 25.8. The van der Waals surface area contributed by atoms with Gasteiger partial charge >= 0.3 is 0 Å². The maximum atomic E-state index is 6.69. The quantitative estimate of drug-likeness (QED) is 0.220. The number of hydrogen-bond donors (Lipinski definition) is 0. The average molecular weight is 516 g/mol. The van der Waals surface area contributed by atoms with Crippen LogP contribution < -0.4 is 4.57 Å². The Balaban J connectivity index is 1.45. The Morgan fingerprint density at radius 2 is 1.26 bits per heavy atom. The zero-order valence-corrected chi connectivity index (χ0v) is 22.6. The van der Waals surface area contributed by atoms with Crippen LogP contribution in [0.1, 0.15) is 16.7 Å². The summed E-state index contributed by atoms with van der Waals surface area (Å²) in [5.74, 6) is 0. The smallest absolute Gasteiger partial charge is 0.262 e. The standard InChI is InChI=1S/C33H28N2O2P/c1-22-18-23(2)33(24(3)19-22)35-17-16-34(20-35)21-38-36-29-14-12-25-8-4-6-10-27(25)31(29)32-28-11-7-5-9-26(28)13-15-30(32)37-38/h4-20H,21H2,1-3H3/q+1. The Kier molecular flexibility index (Phi) is 5.38. The van der Waals surface area contributed by atoms with Gasteiger partial charge in [0.25, 0.3) is 8.01 Å². The number of aromatic nitrogens is 2. The lowest BCUT2D eigenvalue weighted by molar-refractivity contribution is -0.596. The highest BCUT2D eigenvalue weighted by molar-refractivity contribution is 7.36. The van der Waals surface area contributed by atoms with E-state index in [-0.39, 0.29) is 0 Å².